The number of aliphatic imine (C=N–C) groups is 1. The number of hydrogen-bond donors (Lipinski definition) is 0. The monoisotopic (exact) mass is 304 g/mol. The summed E-state index contributed by atoms with van der Waals surface area (Å²) >= 11 is 2.55. The van der Waals surface area contributed by atoms with Crippen LogP contribution in [0.5, 0.6) is 0 Å². The van der Waals surface area contributed by atoms with E-state index in [9.17, 15) is 14.7 Å². The van der Waals surface area contributed by atoms with Crippen LogP contribution in [0.1, 0.15) is 15.9 Å². The lowest BCUT2D eigenvalue weighted by molar-refractivity contribution is -0.255. The van der Waals surface area contributed by atoms with Gasteiger partial charge in [-0.05, 0) is 29.0 Å². The highest BCUT2D eigenvalue weighted by Crippen LogP contribution is 2.30. The van der Waals surface area contributed by atoms with E-state index in [2.05, 4.69) is 11.6 Å². The number of nitrogens with zero attached hydrogens (tertiary/aromatic N) is 1. The number of carbonyl (C=O) groups is 2. The average molecular weight is 304 g/mol. The van der Waals surface area contributed by atoms with E-state index in [0.29, 0.717) is 15.8 Å². The van der Waals surface area contributed by atoms with Gasteiger partial charge in [-0.1, -0.05) is 42.1 Å². The summed E-state index contributed by atoms with van der Waals surface area (Å²) < 4.78 is 0.701. The van der Waals surface area contributed by atoms with Crippen LogP contribution < -0.4 is 5.11 Å². The van der Waals surface area contributed by atoms with E-state index in [1.807, 2.05) is 0 Å². The molecular weight excluding hydrogens is 294 g/mol. The fraction of sp³-hybridized carbons (Fsp3) is 0.0714. The van der Waals surface area contributed by atoms with Crippen LogP contribution in [-0.2, 0) is 4.79 Å². The highest BCUT2D eigenvalue weighted by molar-refractivity contribution is 8.45. The molecule has 0 aromatic heterocycles. The summed E-state index contributed by atoms with van der Waals surface area (Å²) in [6.45, 7) is 3.61. The van der Waals surface area contributed by atoms with Gasteiger partial charge in [0.25, 0.3) is 0 Å². The first-order valence-corrected chi connectivity index (χ1v) is 7.48. The van der Waals surface area contributed by atoms with Gasteiger partial charge in [-0.2, -0.15) is 0 Å². The van der Waals surface area contributed by atoms with Gasteiger partial charge in [-0.25, -0.2) is 4.99 Å². The van der Waals surface area contributed by atoms with Crippen LogP contribution in [0.15, 0.2) is 47.6 Å². The van der Waals surface area contributed by atoms with Crippen LogP contribution in [0.25, 0.3) is 6.08 Å². The number of aromatic carboxylic acids is 1. The van der Waals surface area contributed by atoms with Crippen molar-refractivity contribution in [3.05, 3.63) is 53.7 Å². The van der Waals surface area contributed by atoms with E-state index in [1.165, 1.54) is 23.9 Å². The minimum Gasteiger partial charge on any atom is -0.545 e. The fourth-order valence-corrected chi connectivity index (χ4v) is 3.06. The van der Waals surface area contributed by atoms with Crippen molar-refractivity contribution in [3.8, 4) is 0 Å². The molecule has 4 nitrogen and oxygen atoms in total. The summed E-state index contributed by atoms with van der Waals surface area (Å²) in [5, 5.41) is 10.5. The van der Waals surface area contributed by atoms with Gasteiger partial charge in [-0.3, -0.25) is 4.79 Å². The summed E-state index contributed by atoms with van der Waals surface area (Å²) in [7, 11) is 0. The molecule has 0 bridgehead atoms. The molecule has 1 aliphatic rings. The highest BCUT2D eigenvalue weighted by atomic mass is 32.2. The van der Waals surface area contributed by atoms with Gasteiger partial charge < -0.3 is 9.90 Å². The molecular formula is C14H10NO3S2-. The number of hydrogen-bond acceptors (Lipinski definition) is 6. The summed E-state index contributed by atoms with van der Waals surface area (Å²) in [6.07, 6.45) is 3.38. The number of carboxylic acid groups (broad SMARTS) is 1. The molecule has 0 unspecified atom stereocenters. The second-order valence-corrected chi connectivity index (χ2v) is 6.03. The van der Waals surface area contributed by atoms with E-state index in [0.717, 1.165) is 17.3 Å². The minimum absolute atomic E-state index is 0.102. The van der Waals surface area contributed by atoms with E-state index < -0.39 is 5.97 Å². The number of thioether (sulfide) groups is 2. The van der Waals surface area contributed by atoms with Crippen LogP contribution in [0.3, 0.4) is 0 Å². The second-order valence-electron chi connectivity index (χ2n) is 3.81. The molecule has 0 fully saturated rings. The lowest BCUT2D eigenvalue weighted by Crippen LogP contribution is -2.21. The quantitative estimate of drug-likeness (QED) is 0.628. The Hall–Kier alpha value is -1.79. The highest BCUT2D eigenvalue weighted by Gasteiger charge is 2.21. The van der Waals surface area contributed by atoms with Crippen molar-refractivity contribution in [1.82, 2.24) is 0 Å². The molecule has 1 heterocycles. The maximum atomic E-state index is 11.8. The van der Waals surface area contributed by atoms with Gasteiger partial charge in [0.1, 0.15) is 10.1 Å². The molecule has 20 heavy (non-hydrogen) atoms. The molecule has 0 aliphatic carbocycles. The molecule has 0 spiro atoms. The van der Waals surface area contributed by atoms with Gasteiger partial charge in [-0.15, -0.1) is 6.58 Å². The Morgan fingerprint density at radius 3 is 2.70 bits per heavy atom. The molecule has 1 aromatic carbocycles. The lowest BCUT2D eigenvalue weighted by Gasteiger charge is -2.01. The van der Waals surface area contributed by atoms with Gasteiger partial charge in [0.15, 0.2) is 0 Å². The van der Waals surface area contributed by atoms with Gasteiger partial charge in [0, 0.05) is 5.75 Å². The standard InChI is InChI=1S/C14H11NO3S2/c1-2-7-19-14-15-11(13(18)20-14)8-9-3-5-10(6-4-9)12(16)17/h2-6,8H,1,7H2,(H,16,17)/p-1/b11-8+. The van der Waals surface area contributed by atoms with Crippen molar-refractivity contribution in [3.63, 3.8) is 0 Å². The zero-order chi connectivity index (χ0) is 14.5. The van der Waals surface area contributed by atoms with Crippen molar-refractivity contribution in [1.29, 1.82) is 0 Å². The number of carbonyl (C=O) groups excluding carboxylic acids is 2. The Morgan fingerprint density at radius 1 is 1.40 bits per heavy atom. The molecule has 102 valence electrons. The van der Waals surface area contributed by atoms with Gasteiger partial charge in [0.2, 0.25) is 5.12 Å². The predicted octanol–water partition coefficient (Wildman–Crippen LogP) is 1.94. The first-order chi connectivity index (χ1) is 9.60. The third kappa shape index (κ3) is 3.61. The topological polar surface area (TPSA) is 69.6 Å². The predicted molar refractivity (Wildman–Crippen MR) is 81.4 cm³/mol. The van der Waals surface area contributed by atoms with E-state index in [1.54, 1.807) is 24.3 Å². The first kappa shape index (κ1) is 14.6. The fourth-order valence-electron chi connectivity index (χ4n) is 1.45. The molecule has 0 radical (unpaired) electrons. The number of benzene rings is 1. The van der Waals surface area contributed by atoms with Crippen molar-refractivity contribution in [2.45, 2.75) is 0 Å². The van der Waals surface area contributed by atoms with Crippen LogP contribution in [0.4, 0.5) is 0 Å². The van der Waals surface area contributed by atoms with Gasteiger partial charge >= 0.3 is 0 Å². The van der Waals surface area contributed by atoms with Crippen LogP contribution >= 0.6 is 23.5 Å². The third-order valence-corrected chi connectivity index (χ3v) is 4.38. The normalized spacial score (nSPS) is 16.3. The molecule has 0 amide bonds. The zero-order valence-electron chi connectivity index (χ0n) is 10.4. The number of carboxylic acids is 1. The van der Waals surface area contributed by atoms with Crippen molar-refractivity contribution in [2.75, 3.05) is 5.75 Å². The van der Waals surface area contributed by atoms with E-state index in [-0.39, 0.29) is 10.7 Å². The Kier molecular flexibility index (Phi) is 4.81. The molecule has 0 atom stereocenters. The molecule has 0 saturated carbocycles. The Bertz CT molecular complexity index is 618. The Balaban J connectivity index is 2.17. The molecule has 1 aliphatic heterocycles. The maximum absolute atomic E-state index is 11.8. The lowest BCUT2D eigenvalue weighted by atomic mass is 10.1. The number of rotatable bonds is 4. The summed E-state index contributed by atoms with van der Waals surface area (Å²) in [4.78, 5) is 26.6. The van der Waals surface area contributed by atoms with Crippen LogP contribution in [0.2, 0.25) is 0 Å². The summed E-state index contributed by atoms with van der Waals surface area (Å²) in [5.74, 6) is -0.523. The largest absolute Gasteiger partial charge is 0.545 e. The maximum Gasteiger partial charge on any atom is 0.244 e. The molecule has 6 heteroatoms. The average Bonchev–Trinajstić information content (AvgIpc) is 2.77. The van der Waals surface area contributed by atoms with Crippen molar-refractivity contribution in [2.24, 2.45) is 4.99 Å². The Morgan fingerprint density at radius 2 is 2.10 bits per heavy atom. The SMILES string of the molecule is C=CCSC1=N/C(=C/c2ccc(C(=O)[O-])cc2)C(=O)S1. The van der Waals surface area contributed by atoms with E-state index in [4.69, 9.17) is 0 Å². The van der Waals surface area contributed by atoms with E-state index >= 15 is 0 Å². The second kappa shape index (κ2) is 6.58. The van der Waals surface area contributed by atoms with Crippen LogP contribution in [-0.4, -0.2) is 21.2 Å². The van der Waals surface area contributed by atoms with Crippen LogP contribution in [0, 0.1) is 0 Å². The third-order valence-electron chi connectivity index (χ3n) is 2.38. The summed E-state index contributed by atoms with van der Waals surface area (Å²) in [5.41, 5.74) is 1.19. The molecule has 0 N–H and O–H groups in total. The zero-order valence-corrected chi connectivity index (χ0v) is 12.0. The van der Waals surface area contributed by atoms with Crippen molar-refractivity contribution < 1.29 is 14.7 Å². The first-order valence-electron chi connectivity index (χ1n) is 5.68. The van der Waals surface area contributed by atoms with Gasteiger partial charge in [0.05, 0.1) is 5.97 Å². The minimum atomic E-state index is -1.22. The molecule has 2 rings (SSSR count). The summed E-state index contributed by atoms with van der Waals surface area (Å²) in [6, 6.07) is 6.09. The molecule has 1 aromatic rings. The molecule has 0 saturated heterocycles. The smallest absolute Gasteiger partial charge is 0.244 e. The Labute approximate surface area is 124 Å². The van der Waals surface area contributed by atoms with Crippen molar-refractivity contribution >= 4 is 45.1 Å².